The van der Waals surface area contributed by atoms with E-state index in [2.05, 4.69) is 5.32 Å². The van der Waals surface area contributed by atoms with Gasteiger partial charge >= 0.3 is 0 Å². The van der Waals surface area contributed by atoms with Crippen LogP contribution >= 0.6 is 0 Å². The minimum Gasteiger partial charge on any atom is -0.492 e. The highest BCUT2D eigenvalue weighted by Gasteiger charge is 2.29. The lowest BCUT2D eigenvalue weighted by Gasteiger charge is -2.27. The van der Waals surface area contributed by atoms with E-state index in [4.69, 9.17) is 10.00 Å². The Labute approximate surface area is 171 Å². The van der Waals surface area contributed by atoms with Crippen molar-refractivity contribution in [2.24, 2.45) is 0 Å². The largest absolute Gasteiger partial charge is 0.492 e. The van der Waals surface area contributed by atoms with Gasteiger partial charge in [0.1, 0.15) is 10.6 Å². The fourth-order valence-electron chi connectivity index (χ4n) is 3.24. The highest BCUT2D eigenvalue weighted by atomic mass is 32.2. The average Bonchev–Trinajstić information content (AvgIpc) is 2.75. The first kappa shape index (κ1) is 20.8. The van der Waals surface area contributed by atoms with Crippen LogP contribution in [0.15, 0.2) is 47.4 Å². The SMILES string of the molecule is CCOc1ccc(NC(=O)c2cccc(C#N)c2)cc1S(=O)(=O)N1CCCCC1. The monoisotopic (exact) mass is 413 g/mol. The molecule has 0 aromatic heterocycles. The van der Waals surface area contributed by atoms with Gasteiger partial charge in [-0.3, -0.25) is 4.79 Å². The normalized spacial score (nSPS) is 14.8. The molecule has 0 radical (unpaired) electrons. The first-order chi connectivity index (χ1) is 14.0. The van der Waals surface area contributed by atoms with Crippen molar-refractivity contribution in [1.82, 2.24) is 4.31 Å². The number of nitrogens with one attached hydrogen (secondary N) is 1. The number of anilines is 1. The summed E-state index contributed by atoms with van der Waals surface area (Å²) in [4.78, 5) is 12.6. The molecular formula is C21H23N3O4S. The van der Waals surface area contributed by atoms with Gasteiger partial charge in [-0.1, -0.05) is 12.5 Å². The maximum absolute atomic E-state index is 13.2. The molecule has 7 nitrogen and oxygen atoms in total. The van der Waals surface area contributed by atoms with E-state index in [1.54, 1.807) is 37.3 Å². The van der Waals surface area contributed by atoms with Crippen molar-refractivity contribution < 1.29 is 17.9 Å². The van der Waals surface area contributed by atoms with Crippen molar-refractivity contribution >= 4 is 21.6 Å². The van der Waals surface area contributed by atoms with Gasteiger partial charge < -0.3 is 10.1 Å². The number of nitriles is 1. The second-order valence-corrected chi connectivity index (χ2v) is 8.61. The van der Waals surface area contributed by atoms with Crippen LogP contribution in [0.25, 0.3) is 0 Å². The molecule has 1 aliphatic heterocycles. The third-order valence-electron chi connectivity index (χ3n) is 4.69. The molecule has 1 saturated heterocycles. The zero-order chi connectivity index (χ0) is 20.9. The van der Waals surface area contributed by atoms with Gasteiger partial charge in [0.25, 0.3) is 5.91 Å². The van der Waals surface area contributed by atoms with Crippen LogP contribution in [-0.2, 0) is 10.0 Å². The van der Waals surface area contributed by atoms with Crippen LogP contribution < -0.4 is 10.1 Å². The van der Waals surface area contributed by atoms with Gasteiger partial charge in [0.05, 0.1) is 18.2 Å². The third kappa shape index (κ3) is 4.75. The van der Waals surface area contributed by atoms with E-state index >= 15 is 0 Å². The van der Waals surface area contributed by atoms with Gasteiger partial charge in [0, 0.05) is 24.3 Å². The Morgan fingerprint density at radius 2 is 1.93 bits per heavy atom. The molecule has 29 heavy (non-hydrogen) atoms. The van der Waals surface area contributed by atoms with Crippen molar-refractivity contribution in [2.75, 3.05) is 25.0 Å². The molecule has 2 aromatic carbocycles. The van der Waals surface area contributed by atoms with E-state index in [9.17, 15) is 13.2 Å². The van der Waals surface area contributed by atoms with Crippen LogP contribution in [0, 0.1) is 11.3 Å². The van der Waals surface area contributed by atoms with E-state index in [0.29, 0.717) is 36.5 Å². The van der Waals surface area contributed by atoms with E-state index < -0.39 is 15.9 Å². The third-order valence-corrected chi connectivity index (χ3v) is 6.61. The summed E-state index contributed by atoms with van der Waals surface area (Å²) in [6, 6.07) is 12.9. The Morgan fingerprint density at radius 3 is 2.62 bits per heavy atom. The molecule has 152 valence electrons. The Kier molecular flexibility index (Phi) is 6.52. The number of nitrogens with zero attached hydrogens (tertiary/aromatic N) is 2. The molecule has 1 aliphatic rings. The van der Waals surface area contributed by atoms with Gasteiger partial charge in [0.2, 0.25) is 10.0 Å². The maximum Gasteiger partial charge on any atom is 0.255 e. The molecule has 1 N–H and O–H groups in total. The van der Waals surface area contributed by atoms with E-state index in [1.165, 1.54) is 16.4 Å². The number of hydrogen-bond acceptors (Lipinski definition) is 5. The fraction of sp³-hybridized carbons (Fsp3) is 0.333. The highest BCUT2D eigenvalue weighted by molar-refractivity contribution is 7.89. The Hall–Kier alpha value is -2.89. The smallest absolute Gasteiger partial charge is 0.255 e. The van der Waals surface area contributed by atoms with Gasteiger partial charge in [-0.25, -0.2) is 8.42 Å². The van der Waals surface area contributed by atoms with Gasteiger partial charge in [-0.15, -0.1) is 0 Å². The Balaban J connectivity index is 1.92. The quantitative estimate of drug-likeness (QED) is 0.783. The lowest BCUT2D eigenvalue weighted by atomic mass is 10.1. The zero-order valence-corrected chi connectivity index (χ0v) is 17.0. The summed E-state index contributed by atoms with van der Waals surface area (Å²) in [5.74, 6) is -0.157. The molecule has 0 bridgehead atoms. The van der Waals surface area contributed by atoms with Crippen molar-refractivity contribution in [3.05, 3.63) is 53.6 Å². The molecule has 0 atom stereocenters. The summed E-state index contributed by atoms with van der Waals surface area (Å²) in [5, 5.41) is 11.7. The lowest BCUT2D eigenvalue weighted by Crippen LogP contribution is -2.35. The number of ether oxygens (including phenoxy) is 1. The van der Waals surface area contributed by atoms with Crippen LogP contribution in [0.4, 0.5) is 5.69 Å². The summed E-state index contributed by atoms with van der Waals surface area (Å²) >= 11 is 0. The number of carbonyl (C=O) groups excluding carboxylic acids is 1. The molecule has 0 saturated carbocycles. The molecule has 0 aliphatic carbocycles. The topological polar surface area (TPSA) is 99.5 Å². The Morgan fingerprint density at radius 1 is 1.17 bits per heavy atom. The van der Waals surface area contributed by atoms with Crippen molar-refractivity contribution in [1.29, 1.82) is 5.26 Å². The summed E-state index contributed by atoms with van der Waals surface area (Å²) < 4.78 is 33.3. The molecular weight excluding hydrogens is 390 g/mol. The second kappa shape index (κ2) is 9.07. The summed E-state index contributed by atoms with van der Waals surface area (Å²) in [5.41, 5.74) is 1.03. The molecule has 0 unspecified atom stereocenters. The van der Waals surface area contributed by atoms with Crippen molar-refractivity contribution in [3.63, 3.8) is 0 Å². The molecule has 8 heteroatoms. The number of carbonyl (C=O) groups is 1. The number of rotatable bonds is 6. The predicted molar refractivity (Wildman–Crippen MR) is 109 cm³/mol. The summed E-state index contributed by atoms with van der Waals surface area (Å²) in [6.45, 7) is 3.07. The van der Waals surface area contributed by atoms with Gasteiger partial charge in [-0.05, 0) is 56.2 Å². The first-order valence-electron chi connectivity index (χ1n) is 9.54. The molecule has 1 heterocycles. The fourth-order valence-corrected chi connectivity index (χ4v) is 4.91. The van der Waals surface area contributed by atoms with Crippen LogP contribution in [0.1, 0.15) is 42.1 Å². The minimum absolute atomic E-state index is 0.0461. The molecule has 0 spiro atoms. The maximum atomic E-state index is 13.2. The molecule has 1 fully saturated rings. The van der Waals surface area contributed by atoms with Crippen LogP contribution in [-0.4, -0.2) is 38.3 Å². The average molecular weight is 413 g/mol. The molecule has 2 aromatic rings. The van der Waals surface area contributed by atoms with Gasteiger partial charge in [-0.2, -0.15) is 9.57 Å². The highest BCUT2D eigenvalue weighted by Crippen LogP contribution is 2.31. The number of piperidine rings is 1. The summed E-state index contributed by atoms with van der Waals surface area (Å²) in [6.07, 6.45) is 2.67. The minimum atomic E-state index is -3.73. The number of amides is 1. The van der Waals surface area contributed by atoms with E-state index in [-0.39, 0.29) is 10.6 Å². The van der Waals surface area contributed by atoms with E-state index in [0.717, 1.165) is 19.3 Å². The number of hydrogen-bond donors (Lipinski definition) is 1. The van der Waals surface area contributed by atoms with Crippen LogP contribution in [0.3, 0.4) is 0 Å². The number of benzene rings is 2. The van der Waals surface area contributed by atoms with Crippen molar-refractivity contribution in [2.45, 2.75) is 31.1 Å². The molecule has 3 rings (SSSR count). The number of sulfonamides is 1. The van der Waals surface area contributed by atoms with Gasteiger partial charge in [0.15, 0.2) is 0 Å². The molecule has 1 amide bonds. The lowest BCUT2D eigenvalue weighted by molar-refractivity contribution is 0.102. The second-order valence-electron chi connectivity index (χ2n) is 6.71. The Bertz CT molecular complexity index is 1040. The first-order valence-corrected chi connectivity index (χ1v) is 11.0. The van der Waals surface area contributed by atoms with Crippen LogP contribution in [0.2, 0.25) is 0 Å². The zero-order valence-electron chi connectivity index (χ0n) is 16.2. The summed E-state index contributed by atoms with van der Waals surface area (Å²) in [7, 11) is -3.73. The van der Waals surface area contributed by atoms with Crippen molar-refractivity contribution in [3.8, 4) is 11.8 Å². The van der Waals surface area contributed by atoms with Crippen LogP contribution in [0.5, 0.6) is 5.75 Å². The standard InChI is InChI=1S/C21H23N3O4S/c1-2-28-19-10-9-18(23-21(25)17-8-6-7-16(13-17)15-22)14-20(19)29(26,27)24-11-4-3-5-12-24/h6-10,13-14H,2-5,11-12H2,1H3,(H,23,25). The van der Waals surface area contributed by atoms with E-state index in [1.807, 2.05) is 6.07 Å². The predicted octanol–water partition coefficient (Wildman–Crippen LogP) is 3.38.